The molecule has 0 aliphatic rings. The molecule has 3 heteroatoms. The van der Waals surface area contributed by atoms with Crippen LogP contribution in [0.25, 0.3) is 0 Å². The lowest BCUT2D eigenvalue weighted by atomic mass is 10.1. The Morgan fingerprint density at radius 1 is 1.44 bits per heavy atom. The number of carbonyl (C=O) groups is 1. The predicted octanol–water partition coefficient (Wildman–Crippen LogP) is 0.690. The number of rotatable bonds is 1. The quantitative estimate of drug-likeness (QED) is 0.517. The maximum absolute atomic E-state index is 8.36. The van der Waals surface area contributed by atoms with E-state index in [1.165, 1.54) is 0 Å². The van der Waals surface area contributed by atoms with E-state index >= 15 is 0 Å². The summed E-state index contributed by atoms with van der Waals surface area (Å²) in [6.07, 6.45) is 0. The van der Waals surface area contributed by atoms with Gasteiger partial charge in [0, 0.05) is 6.04 Å². The van der Waals surface area contributed by atoms with E-state index in [1.54, 1.807) is 0 Å². The molecule has 0 saturated carbocycles. The molecule has 9 heavy (non-hydrogen) atoms. The Hall–Kier alpha value is -0.570. The monoisotopic (exact) mass is 133 g/mol. The van der Waals surface area contributed by atoms with Crippen molar-refractivity contribution in [2.45, 2.75) is 26.8 Å². The maximum Gasteiger partial charge on any atom is 0.290 e. The fourth-order valence-electron chi connectivity index (χ4n) is 0. The van der Waals surface area contributed by atoms with Gasteiger partial charge in [0.25, 0.3) is 6.47 Å². The minimum absolute atomic E-state index is 0.250. The molecule has 0 fully saturated rings. The summed E-state index contributed by atoms with van der Waals surface area (Å²) >= 11 is 0. The number of hydrogen-bond acceptors (Lipinski definition) is 2. The van der Waals surface area contributed by atoms with Crippen molar-refractivity contribution in [2.75, 3.05) is 0 Å². The van der Waals surface area contributed by atoms with Gasteiger partial charge in [0.05, 0.1) is 0 Å². The van der Waals surface area contributed by atoms with Crippen molar-refractivity contribution in [3.05, 3.63) is 0 Å². The van der Waals surface area contributed by atoms with Gasteiger partial charge < -0.3 is 10.8 Å². The molecular weight excluding hydrogens is 118 g/mol. The van der Waals surface area contributed by atoms with Crippen molar-refractivity contribution in [1.82, 2.24) is 0 Å². The van der Waals surface area contributed by atoms with Crippen LogP contribution in [0, 0.1) is 5.92 Å². The normalized spacial score (nSPS) is 11.7. The second kappa shape index (κ2) is 7.43. The first-order valence-corrected chi connectivity index (χ1v) is 2.89. The van der Waals surface area contributed by atoms with E-state index in [4.69, 9.17) is 15.6 Å². The minimum atomic E-state index is -0.250. The topological polar surface area (TPSA) is 63.3 Å². The lowest BCUT2D eigenvalue weighted by Crippen LogP contribution is -2.21. The number of nitrogens with two attached hydrogens (primary N) is 1. The average molecular weight is 133 g/mol. The number of carboxylic acid groups (broad SMARTS) is 1. The van der Waals surface area contributed by atoms with Gasteiger partial charge >= 0.3 is 0 Å². The summed E-state index contributed by atoms with van der Waals surface area (Å²) in [7, 11) is 0. The van der Waals surface area contributed by atoms with Crippen molar-refractivity contribution in [3.63, 3.8) is 0 Å². The zero-order valence-corrected chi connectivity index (χ0v) is 6.16. The first kappa shape index (κ1) is 11.3. The van der Waals surface area contributed by atoms with Gasteiger partial charge in [-0.3, -0.25) is 4.79 Å². The molecule has 56 valence electrons. The van der Waals surface area contributed by atoms with E-state index in [2.05, 4.69) is 13.8 Å². The van der Waals surface area contributed by atoms with Gasteiger partial charge in [-0.25, -0.2) is 0 Å². The molecule has 0 aliphatic heterocycles. The van der Waals surface area contributed by atoms with Crippen LogP contribution in [0.1, 0.15) is 20.8 Å². The molecular formula is C6H15NO2. The largest absolute Gasteiger partial charge is 0.483 e. The second-order valence-corrected chi connectivity index (χ2v) is 2.21. The molecule has 1 unspecified atom stereocenters. The van der Waals surface area contributed by atoms with Crippen LogP contribution < -0.4 is 5.73 Å². The highest BCUT2D eigenvalue weighted by Crippen LogP contribution is 1.93. The van der Waals surface area contributed by atoms with Gasteiger partial charge in [-0.15, -0.1) is 0 Å². The fourth-order valence-corrected chi connectivity index (χ4v) is 0. The van der Waals surface area contributed by atoms with Crippen LogP contribution in [-0.4, -0.2) is 17.6 Å². The highest BCUT2D eigenvalue weighted by molar-refractivity contribution is 5.32. The van der Waals surface area contributed by atoms with Gasteiger partial charge in [-0.2, -0.15) is 0 Å². The summed E-state index contributed by atoms with van der Waals surface area (Å²) in [6, 6.07) is 0.352. The van der Waals surface area contributed by atoms with Crippen LogP contribution in [0.3, 0.4) is 0 Å². The van der Waals surface area contributed by atoms with Gasteiger partial charge in [0.2, 0.25) is 0 Å². The number of hydrogen-bond donors (Lipinski definition) is 2. The molecule has 0 aromatic carbocycles. The SMILES string of the molecule is CC(C)C(C)N.O=CO. The van der Waals surface area contributed by atoms with E-state index in [0.29, 0.717) is 12.0 Å². The second-order valence-electron chi connectivity index (χ2n) is 2.21. The molecule has 0 spiro atoms. The molecule has 0 saturated heterocycles. The first-order chi connectivity index (χ1) is 4.06. The lowest BCUT2D eigenvalue weighted by molar-refractivity contribution is -0.122. The molecule has 0 aromatic rings. The summed E-state index contributed by atoms with van der Waals surface area (Å²) in [5.41, 5.74) is 5.44. The summed E-state index contributed by atoms with van der Waals surface area (Å²) < 4.78 is 0. The predicted molar refractivity (Wildman–Crippen MR) is 37.2 cm³/mol. The smallest absolute Gasteiger partial charge is 0.290 e. The zero-order chi connectivity index (χ0) is 7.86. The summed E-state index contributed by atoms with van der Waals surface area (Å²) in [4.78, 5) is 8.36. The van der Waals surface area contributed by atoms with E-state index in [1.807, 2.05) is 6.92 Å². The van der Waals surface area contributed by atoms with E-state index in [0.717, 1.165) is 0 Å². The van der Waals surface area contributed by atoms with Crippen LogP contribution in [0.15, 0.2) is 0 Å². The van der Waals surface area contributed by atoms with E-state index in [9.17, 15) is 0 Å². The van der Waals surface area contributed by atoms with Crippen LogP contribution in [0.4, 0.5) is 0 Å². The van der Waals surface area contributed by atoms with Gasteiger partial charge in [-0.05, 0) is 12.8 Å². The van der Waals surface area contributed by atoms with Crippen molar-refractivity contribution in [1.29, 1.82) is 0 Å². The molecule has 0 heterocycles. The lowest BCUT2D eigenvalue weighted by Gasteiger charge is -2.05. The van der Waals surface area contributed by atoms with Gasteiger partial charge in [0.1, 0.15) is 0 Å². The third kappa shape index (κ3) is 18.6. The maximum atomic E-state index is 8.36. The molecule has 3 N–H and O–H groups in total. The third-order valence-electron chi connectivity index (χ3n) is 1.05. The molecule has 0 bridgehead atoms. The summed E-state index contributed by atoms with van der Waals surface area (Å²) in [5.74, 6) is 0.630. The fraction of sp³-hybridized carbons (Fsp3) is 0.833. The van der Waals surface area contributed by atoms with Crippen LogP contribution in [0.2, 0.25) is 0 Å². The minimum Gasteiger partial charge on any atom is -0.483 e. The summed E-state index contributed by atoms with van der Waals surface area (Å²) in [6.45, 7) is 6.00. The standard InChI is InChI=1S/C5H13N.CH2O2/c1-4(2)5(3)6;2-1-3/h4-5H,6H2,1-3H3;1H,(H,2,3). The van der Waals surface area contributed by atoms with Crippen LogP contribution in [-0.2, 0) is 4.79 Å². The molecule has 0 rings (SSSR count). The Morgan fingerprint density at radius 2 is 1.56 bits per heavy atom. The first-order valence-electron chi connectivity index (χ1n) is 2.89. The third-order valence-corrected chi connectivity index (χ3v) is 1.05. The molecule has 0 amide bonds. The average Bonchev–Trinajstić information content (AvgIpc) is 1.68. The van der Waals surface area contributed by atoms with Gasteiger partial charge in [-0.1, -0.05) is 13.8 Å². The van der Waals surface area contributed by atoms with Crippen LogP contribution >= 0.6 is 0 Å². The molecule has 0 aliphatic carbocycles. The Balaban J connectivity index is 0. The zero-order valence-electron chi connectivity index (χ0n) is 6.16. The van der Waals surface area contributed by atoms with Crippen molar-refractivity contribution < 1.29 is 9.90 Å². The molecule has 3 nitrogen and oxygen atoms in total. The Labute approximate surface area is 55.9 Å². The summed E-state index contributed by atoms with van der Waals surface area (Å²) in [5, 5.41) is 6.89. The Bertz CT molecular complexity index is 56.1. The Morgan fingerprint density at radius 3 is 1.56 bits per heavy atom. The molecule has 0 radical (unpaired) electrons. The van der Waals surface area contributed by atoms with Crippen molar-refractivity contribution in [3.8, 4) is 0 Å². The van der Waals surface area contributed by atoms with Crippen LogP contribution in [0.5, 0.6) is 0 Å². The van der Waals surface area contributed by atoms with E-state index < -0.39 is 0 Å². The van der Waals surface area contributed by atoms with Crippen molar-refractivity contribution >= 4 is 6.47 Å². The highest BCUT2D eigenvalue weighted by atomic mass is 16.3. The molecule has 0 aromatic heterocycles. The molecule has 1 atom stereocenters. The highest BCUT2D eigenvalue weighted by Gasteiger charge is 1.95. The Kier molecular flexibility index (Phi) is 9.29. The van der Waals surface area contributed by atoms with Gasteiger partial charge in [0.15, 0.2) is 0 Å². The van der Waals surface area contributed by atoms with Crippen molar-refractivity contribution in [2.24, 2.45) is 11.7 Å². The van der Waals surface area contributed by atoms with E-state index in [-0.39, 0.29) is 6.47 Å².